The Balaban J connectivity index is 2.52. The minimum absolute atomic E-state index is 0.0966. The van der Waals surface area contributed by atoms with Crippen molar-refractivity contribution < 1.29 is 4.74 Å². The zero-order valence-corrected chi connectivity index (χ0v) is 15.6. The largest absolute Gasteiger partial charge is 0.496 e. The van der Waals surface area contributed by atoms with Gasteiger partial charge in [0.25, 0.3) is 0 Å². The number of halogens is 2. The molecule has 2 aromatic rings. The monoisotopic (exact) mass is 411 g/mol. The summed E-state index contributed by atoms with van der Waals surface area (Å²) >= 11 is 7.17. The third-order valence-electron chi connectivity index (χ3n) is 3.44. The van der Waals surface area contributed by atoms with Crippen LogP contribution in [0.25, 0.3) is 0 Å². The van der Waals surface area contributed by atoms with Gasteiger partial charge < -0.3 is 10.1 Å². The van der Waals surface area contributed by atoms with Crippen LogP contribution in [0.1, 0.15) is 29.7 Å². The number of ether oxygens (including phenoxy) is 1. The van der Waals surface area contributed by atoms with E-state index < -0.39 is 0 Å². The van der Waals surface area contributed by atoms with E-state index in [1.54, 1.807) is 7.11 Å². The van der Waals surface area contributed by atoms with E-state index in [0.29, 0.717) is 0 Å². The first-order chi connectivity index (χ1) is 10.1. The SMILES string of the molecule is CCNC(c1ccc(C)c(Br)c1)c1cc(Br)ccc1OC. The topological polar surface area (TPSA) is 21.3 Å². The number of nitrogens with one attached hydrogen (secondary N) is 1. The Hall–Kier alpha value is -0.840. The van der Waals surface area contributed by atoms with E-state index in [1.807, 2.05) is 12.1 Å². The summed E-state index contributed by atoms with van der Waals surface area (Å²) in [5.74, 6) is 0.890. The Kier molecular flexibility index (Phi) is 5.85. The van der Waals surface area contributed by atoms with Crippen molar-refractivity contribution in [3.05, 3.63) is 62.0 Å². The molecule has 0 spiro atoms. The molecule has 112 valence electrons. The second-order valence-corrected chi connectivity index (χ2v) is 6.66. The normalized spacial score (nSPS) is 12.2. The van der Waals surface area contributed by atoms with Crippen molar-refractivity contribution in [2.45, 2.75) is 19.9 Å². The van der Waals surface area contributed by atoms with Crippen molar-refractivity contribution in [3.8, 4) is 5.75 Å². The maximum absolute atomic E-state index is 5.53. The second-order valence-electron chi connectivity index (χ2n) is 4.89. The summed E-state index contributed by atoms with van der Waals surface area (Å²) in [6.07, 6.45) is 0. The van der Waals surface area contributed by atoms with E-state index >= 15 is 0 Å². The van der Waals surface area contributed by atoms with Gasteiger partial charge in [-0.3, -0.25) is 0 Å². The van der Waals surface area contributed by atoms with Crippen LogP contribution >= 0.6 is 31.9 Å². The summed E-state index contributed by atoms with van der Waals surface area (Å²) in [6.45, 7) is 5.09. The third-order valence-corrected chi connectivity index (χ3v) is 4.79. The van der Waals surface area contributed by atoms with Crippen molar-refractivity contribution in [2.24, 2.45) is 0 Å². The molecular weight excluding hydrogens is 394 g/mol. The molecule has 2 aromatic carbocycles. The summed E-state index contributed by atoms with van der Waals surface area (Å²) in [4.78, 5) is 0. The Morgan fingerprint density at radius 1 is 1.14 bits per heavy atom. The molecule has 0 radical (unpaired) electrons. The van der Waals surface area contributed by atoms with Gasteiger partial charge in [0.05, 0.1) is 13.2 Å². The maximum atomic E-state index is 5.53. The summed E-state index contributed by atoms with van der Waals surface area (Å²) in [5.41, 5.74) is 3.57. The molecule has 2 rings (SSSR count). The van der Waals surface area contributed by atoms with Gasteiger partial charge in [0.15, 0.2) is 0 Å². The lowest BCUT2D eigenvalue weighted by Gasteiger charge is -2.22. The fraction of sp³-hybridized carbons (Fsp3) is 0.294. The zero-order chi connectivity index (χ0) is 15.4. The first-order valence-corrected chi connectivity index (χ1v) is 8.48. The average Bonchev–Trinajstić information content (AvgIpc) is 2.48. The molecule has 21 heavy (non-hydrogen) atoms. The van der Waals surface area contributed by atoms with Crippen LogP contribution in [-0.4, -0.2) is 13.7 Å². The Morgan fingerprint density at radius 2 is 1.90 bits per heavy atom. The van der Waals surface area contributed by atoms with Crippen LogP contribution in [0.2, 0.25) is 0 Å². The van der Waals surface area contributed by atoms with Crippen LogP contribution in [0, 0.1) is 6.92 Å². The van der Waals surface area contributed by atoms with Gasteiger partial charge >= 0.3 is 0 Å². The number of benzene rings is 2. The molecule has 0 bridgehead atoms. The van der Waals surface area contributed by atoms with Crippen LogP contribution in [0.3, 0.4) is 0 Å². The van der Waals surface area contributed by atoms with Crippen LogP contribution in [0.5, 0.6) is 5.75 Å². The molecular formula is C17H19Br2NO. The first kappa shape index (κ1) is 16.5. The summed E-state index contributed by atoms with van der Waals surface area (Å²) in [6, 6.07) is 12.7. The molecule has 0 aliphatic heterocycles. The highest BCUT2D eigenvalue weighted by Gasteiger charge is 2.18. The van der Waals surface area contributed by atoms with E-state index in [2.05, 4.69) is 75.3 Å². The van der Waals surface area contributed by atoms with Crippen LogP contribution in [0.4, 0.5) is 0 Å². The molecule has 0 heterocycles. The molecule has 1 N–H and O–H groups in total. The molecule has 4 heteroatoms. The zero-order valence-electron chi connectivity index (χ0n) is 12.4. The molecule has 0 aromatic heterocycles. The van der Waals surface area contributed by atoms with Gasteiger partial charge in [-0.05, 0) is 48.9 Å². The third kappa shape index (κ3) is 3.87. The lowest BCUT2D eigenvalue weighted by Crippen LogP contribution is -2.22. The lowest BCUT2D eigenvalue weighted by molar-refractivity contribution is 0.404. The highest BCUT2D eigenvalue weighted by Crippen LogP contribution is 2.33. The molecule has 0 aliphatic rings. The van der Waals surface area contributed by atoms with Gasteiger partial charge in [0.2, 0.25) is 0 Å². The van der Waals surface area contributed by atoms with Crippen molar-refractivity contribution in [2.75, 3.05) is 13.7 Å². The minimum Gasteiger partial charge on any atom is -0.496 e. The predicted molar refractivity (Wildman–Crippen MR) is 95.1 cm³/mol. The van der Waals surface area contributed by atoms with Crippen LogP contribution < -0.4 is 10.1 Å². The van der Waals surface area contributed by atoms with Crippen LogP contribution in [0.15, 0.2) is 45.3 Å². The quantitative estimate of drug-likeness (QED) is 0.725. The van der Waals surface area contributed by atoms with Gasteiger partial charge in [0, 0.05) is 14.5 Å². The fourth-order valence-corrected chi connectivity index (χ4v) is 3.11. The molecule has 1 unspecified atom stereocenters. The molecule has 1 atom stereocenters. The maximum Gasteiger partial charge on any atom is 0.124 e. The van der Waals surface area contributed by atoms with E-state index in [-0.39, 0.29) is 6.04 Å². The Labute approximate surface area is 143 Å². The summed E-state index contributed by atoms with van der Waals surface area (Å²) < 4.78 is 7.70. The van der Waals surface area contributed by atoms with Gasteiger partial charge in [0.1, 0.15) is 5.75 Å². The highest BCUT2D eigenvalue weighted by molar-refractivity contribution is 9.10. The molecule has 2 nitrogen and oxygen atoms in total. The fourth-order valence-electron chi connectivity index (χ4n) is 2.33. The van der Waals surface area contributed by atoms with Crippen molar-refractivity contribution >= 4 is 31.9 Å². The van der Waals surface area contributed by atoms with Gasteiger partial charge in [-0.25, -0.2) is 0 Å². The molecule has 0 saturated heterocycles. The van der Waals surface area contributed by atoms with E-state index in [4.69, 9.17) is 4.74 Å². The Morgan fingerprint density at radius 3 is 2.52 bits per heavy atom. The average molecular weight is 413 g/mol. The molecule has 0 saturated carbocycles. The predicted octanol–water partition coefficient (Wildman–Crippen LogP) is 5.23. The van der Waals surface area contributed by atoms with Gasteiger partial charge in [-0.1, -0.05) is 50.9 Å². The van der Waals surface area contributed by atoms with Crippen LogP contribution in [-0.2, 0) is 0 Å². The highest BCUT2D eigenvalue weighted by atomic mass is 79.9. The minimum atomic E-state index is 0.0966. The standard InChI is InChI=1S/C17H19Br2NO/c1-4-20-17(12-6-5-11(2)15(19)9-12)14-10-13(18)7-8-16(14)21-3/h5-10,17,20H,4H2,1-3H3. The van der Waals surface area contributed by atoms with Crippen molar-refractivity contribution in [3.63, 3.8) is 0 Å². The lowest BCUT2D eigenvalue weighted by atomic mass is 9.97. The molecule has 0 fully saturated rings. The van der Waals surface area contributed by atoms with E-state index in [9.17, 15) is 0 Å². The molecule has 0 amide bonds. The smallest absolute Gasteiger partial charge is 0.124 e. The second kappa shape index (κ2) is 7.43. The number of methoxy groups -OCH3 is 1. The van der Waals surface area contributed by atoms with Crippen molar-refractivity contribution in [1.82, 2.24) is 5.32 Å². The number of hydrogen-bond donors (Lipinski definition) is 1. The van der Waals surface area contributed by atoms with E-state index in [0.717, 1.165) is 26.8 Å². The molecule has 0 aliphatic carbocycles. The van der Waals surface area contributed by atoms with Crippen molar-refractivity contribution in [1.29, 1.82) is 0 Å². The van der Waals surface area contributed by atoms with E-state index in [1.165, 1.54) is 11.1 Å². The number of rotatable bonds is 5. The number of hydrogen-bond acceptors (Lipinski definition) is 2. The summed E-state index contributed by atoms with van der Waals surface area (Å²) in [5, 5.41) is 3.54. The van der Waals surface area contributed by atoms with Gasteiger partial charge in [-0.2, -0.15) is 0 Å². The first-order valence-electron chi connectivity index (χ1n) is 6.89. The Bertz CT molecular complexity index is 628. The van der Waals surface area contributed by atoms with Gasteiger partial charge in [-0.15, -0.1) is 0 Å². The number of aryl methyl sites for hydroxylation is 1. The summed E-state index contributed by atoms with van der Waals surface area (Å²) in [7, 11) is 1.71.